The number of rotatable bonds is 8. The lowest BCUT2D eigenvalue weighted by Gasteiger charge is -2.23. The lowest BCUT2D eigenvalue weighted by Crippen LogP contribution is -2.40. The Morgan fingerprint density at radius 2 is 2.14 bits per heavy atom. The van der Waals surface area contributed by atoms with Crippen molar-refractivity contribution in [3.8, 4) is 5.75 Å². The molecule has 0 aliphatic heterocycles. The van der Waals surface area contributed by atoms with Crippen molar-refractivity contribution in [2.45, 2.75) is 49.7 Å². The lowest BCUT2D eigenvalue weighted by molar-refractivity contribution is 0.411. The van der Waals surface area contributed by atoms with Crippen LogP contribution in [0.15, 0.2) is 46.1 Å². The van der Waals surface area contributed by atoms with E-state index in [2.05, 4.69) is 21.9 Å². The molecular weight excluding hydrogens is 390 g/mol. The van der Waals surface area contributed by atoms with Crippen LogP contribution in [-0.4, -0.2) is 24.5 Å². The molecule has 0 radical (unpaired) electrons. The summed E-state index contributed by atoms with van der Waals surface area (Å²) in [7, 11) is 1.70. The van der Waals surface area contributed by atoms with Crippen molar-refractivity contribution >= 4 is 35.3 Å². The van der Waals surface area contributed by atoms with Crippen LogP contribution in [-0.2, 0) is 11.5 Å². The molecule has 1 heterocycles. The Hall–Kier alpha value is -1.99. The van der Waals surface area contributed by atoms with Gasteiger partial charge in [-0.1, -0.05) is 19.3 Å². The number of thioether (sulfide) groups is 1. The van der Waals surface area contributed by atoms with Crippen molar-refractivity contribution in [1.29, 1.82) is 0 Å². The van der Waals surface area contributed by atoms with Gasteiger partial charge in [-0.15, -0.1) is 11.8 Å². The number of thiocarbonyl (C=S) groups is 1. The zero-order valence-electron chi connectivity index (χ0n) is 16.1. The predicted octanol–water partition coefficient (Wildman–Crippen LogP) is 4.85. The van der Waals surface area contributed by atoms with E-state index in [4.69, 9.17) is 21.4 Å². The maximum Gasteiger partial charge on any atom is 0.187 e. The second-order valence-electron chi connectivity index (χ2n) is 6.82. The van der Waals surface area contributed by atoms with Crippen molar-refractivity contribution < 1.29 is 9.15 Å². The van der Waals surface area contributed by atoms with Gasteiger partial charge in [-0.05, 0) is 61.0 Å². The van der Waals surface area contributed by atoms with Crippen LogP contribution in [0, 0.1) is 0 Å². The summed E-state index contributed by atoms with van der Waals surface area (Å²) in [6.07, 6.45) is 9.73. The summed E-state index contributed by atoms with van der Waals surface area (Å²) in [6, 6.07) is 10.4. The van der Waals surface area contributed by atoms with Gasteiger partial charge in [-0.2, -0.15) is 5.10 Å². The highest BCUT2D eigenvalue weighted by atomic mass is 32.2. The monoisotopic (exact) mass is 417 g/mol. The first-order chi connectivity index (χ1) is 13.7. The van der Waals surface area contributed by atoms with E-state index in [1.165, 1.54) is 32.1 Å². The largest absolute Gasteiger partial charge is 0.496 e. The third-order valence-electron chi connectivity index (χ3n) is 4.71. The summed E-state index contributed by atoms with van der Waals surface area (Å²) in [5.41, 5.74) is 5.06. The van der Waals surface area contributed by atoms with E-state index in [9.17, 15) is 0 Å². The van der Waals surface area contributed by atoms with E-state index in [1.807, 2.05) is 24.3 Å². The average molecular weight is 418 g/mol. The smallest absolute Gasteiger partial charge is 0.187 e. The SMILES string of the molecule is COc1ccc(/C=N/NC(=S)NC2CCCCC2)cc1CSCc1ccco1. The van der Waals surface area contributed by atoms with Gasteiger partial charge in [0, 0.05) is 17.4 Å². The molecule has 1 aromatic heterocycles. The van der Waals surface area contributed by atoms with Crippen LogP contribution in [0.2, 0.25) is 0 Å². The summed E-state index contributed by atoms with van der Waals surface area (Å²) in [6.45, 7) is 0. The Balaban J connectivity index is 1.51. The van der Waals surface area contributed by atoms with Gasteiger partial charge in [0.25, 0.3) is 0 Å². The molecule has 1 aliphatic rings. The number of nitrogens with one attached hydrogen (secondary N) is 2. The number of furan rings is 1. The highest BCUT2D eigenvalue weighted by molar-refractivity contribution is 7.97. The number of nitrogens with zero attached hydrogens (tertiary/aromatic N) is 1. The van der Waals surface area contributed by atoms with Gasteiger partial charge >= 0.3 is 0 Å². The summed E-state index contributed by atoms with van der Waals surface area (Å²) in [5, 5.41) is 8.22. The third kappa shape index (κ3) is 6.56. The van der Waals surface area contributed by atoms with Gasteiger partial charge in [0.15, 0.2) is 5.11 Å². The number of ether oxygens (including phenoxy) is 1. The molecular formula is C21H27N3O2S2. The van der Waals surface area contributed by atoms with Crippen molar-refractivity contribution in [1.82, 2.24) is 10.7 Å². The van der Waals surface area contributed by atoms with E-state index in [-0.39, 0.29) is 0 Å². The maximum absolute atomic E-state index is 5.49. The second kappa shape index (κ2) is 11.1. The molecule has 1 aliphatic carbocycles. The lowest BCUT2D eigenvalue weighted by atomic mass is 9.96. The molecule has 1 aromatic carbocycles. The van der Waals surface area contributed by atoms with Gasteiger partial charge < -0.3 is 14.5 Å². The van der Waals surface area contributed by atoms with E-state index in [0.29, 0.717) is 11.2 Å². The highest BCUT2D eigenvalue weighted by Gasteiger charge is 2.13. The van der Waals surface area contributed by atoms with Gasteiger partial charge in [-0.25, -0.2) is 0 Å². The summed E-state index contributed by atoms with van der Waals surface area (Å²) in [5.74, 6) is 3.52. The molecule has 0 spiro atoms. The Labute approximate surface area is 176 Å². The molecule has 0 atom stereocenters. The first-order valence-corrected chi connectivity index (χ1v) is 11.2. The highest BCUT2D eigenvalue weighted by Crippen LogP contribution is 2.26. The zero-order valence-corrected chi connectivity index (χ0v) is 17.8. The molecule has 0 saturated heterocycles. The first-order valence-electron chi connectivity index (χ1n) is 9.61. The average Bonchev–Trinajstić information content (AvgIpc) is 3.22. The normalized spacial score (nSPS) is 14.9. The van der Waals surface area contributed by atoms with Crippen LogP contribution >= 0.6 is 24.0 Å². The van der Waals surface area contributed by atoms with E-state index >= 15 is 0 Å². The quantitative estimate of drug-likeness (QED) is 0.364. The molecule has 2 aromatic rings. The number of hydrazone groups is 1. The Morgan fingerprint density at radius 1 is 1.29 bits per heavy atom. The summed E-state index contributed by atoms with van der Waals surface area (Å²) >= 11 is 7.13. The Bertz CT molecular complexity index is 772. The van der Waals surface area contributed by atoms with Crippen LogP contribution in [0.25, 0.3) is 0 Å². The molecule has 150 valence electrons. The molecule has 2 N–H and O–H groups in total. The van der Waals surface area contributed by atoms with E-state index in [1.54, 1.807) is 31.3 Å². The molecule has 1 saturated carbocycles. The van der Waals surface area contributed by atoms with Crippen molar-refractivity contribution in [3.05, 3.63) is 53.5 Å². The van der Waals surface area contributed by atoms with Crippen LogP contribution in [0.3, 0.4) is 0 Å². The Kier molecular flexibility index (Phi) is 8.23. The van der Waals surface area contributed by atoms with E-state index in [0.717, 1.165) is 34.1 Å². The number of hydrogen-bond donors (Lipinski definition) is 2. The van der Waals surface area contributed by atoms with Crippen LogP contribution in [0.1, 0.15) is 49.0 Å². The number of benzene rings is 1. The van der Waals surface area contributed by atoms with Crippen molar-refractivity contribution in [2.75, 3.05) is 7.11 Å². The minimum atomic E-state index is 0.475. The number of methoxy groups -OCH3 is 1. The summed E-state index contributed by atoms with van der Waals surface area (Å²) < 4.78 is 10.9. The maximum atomic E-state index is 5.49. The fourth-order valence-corrected chi connectivity index (χ4v) is 4.41. The molecule has 3 rings (SSSR count). The molecule has 0 bridgehead atoms. The van der Waals surface area contributed by atoms with Gasteiger partial charge in [0.2, 0.25) is 0 Å². The van der Waals surface area contributed by atoms with Crippen molar-refractivity contribution in [3.63, 3.8) is 0 Å². The van der Waals surface area contributed by atoms with Crippen LogP contribution < -0.4 is 15.5 Å². The number of hydrogen-bond acceptors (Lipinski definition) is 5. The molecule has 28 heavy (non-hydrogen) atoms. The zero-order chi connectivity index (χ0) is 19.6. The van der Waals surface area contributed by atoms with E-state index < -0.39 is 0 Å². The molecule has 0 unspecified atom stereocenters. The summed E-state index contributed by atoms with van der Waals surface area (Å²) in [4.78, 5) is 0. The predicted molar refractivity (Wildman–Crippen MR) is 120 cm³/mol. The minimum Gasteiger partial charge on any atom is -0.496 e. The van der Waals surface area contributed by atoms with Crippen molar-refractivity contribution in [2.24, 2.45) is 5.10 Å². The van der Waals surface area contributed by atoms with Crippen LogP contribution in [0.4, 0.5) is 0 Å². The van der Waals surface area contributed by atoms with Crippen LogP contribution in [0.5, 0.6) is 5.75 Å². The van der Waals surface area contributed by atoms with Gasteiger partial charge in [0.05, 0.1) is 25.3 Å². The minimum absolute atomic E-state index is 0.475. The third-order valence-corrected chi connectivity index (χ3v) is 5.92. The first kappa shape index (κ1) is 20.7. The topological polar surface area (TPSA) is 58.8 Å². The fraction of sp³-hybridized carbons (Fsp3) is 0.429. The molecule has 5 nitrogen and oxygen atoms in total. The van der Waals surface area contributed by atoms with Gasteiger partial charge in [-0.3, -0.25) is 5.43 Å². The molecule has 1 fully saturated rings. The molecule has 0 amide bonds. The van der Waals surface area contributed by atoms with Gasteiger partial charge in [0.1, 0.15) is 11.5 Å². The Morgan fingerprint density at radius 3 is 2.89 bits per heavy atom. The fourth-order valence-electron chi connectivity index (χ4n) is 3.28. The second-order valence-corrected chi connectivity index (χ2v) is 8.22. The standard InChI is InChI=1S/C21H27N3O2S2/c1-25-20-10-9-16(12-17(20)14-28-15-19-8-5-11-26-19)13-22-24-21(27)23-18-6-3-2-4-7-18/h5,8-13,18H,2-4,6-7,14-15H2,1H3,(H2,23,24,27)/b22-13+. The molecule has 7 heteroatoms.